The molecule has 1 amide bonds. The van der Waals surface area contributed by atoms with Gasteiger partial charge in [-0.05, 0) is 59.2 Å². The zero-order chi connectivity index (χ0) is 31.6. The van der Waals surface area contributed by atoms with E-state index in [1.807, 2.05) is 0 Å². The van der Waals surface area contributed by atoms with E-state index in [0.29, 0.717) is 16.7 Å². The molecule has 0 saturated heterocycles. The highest BCUT2D eigenvalue weighted by molar-refractivity contribution is 6.32. The van der Waals surface area contributed by atoms with Crippen molar-refractivity contribution in [1.82, 2.24) is 0 Å². The molecule has 0 radical (unpaired) electrons. The smallest absolute Gasteiger partial charge is 0.416 e. The Bertz CT molecular complexity index is 1780. The van der Waals surface area contributed by atoms with E-state index in [1.54, 1.807) is 30.3 Å². The molecule has 44 heavy (non-hydrogen) atoms. The van der Waals surface area contributed by atoms with E-state index in [-0.39, 0.29) is 42.8 Å². The van der Waals surface area contributed by atoms with Crippen molar-refractivity contribution >= 4 is 23.2 Å². The zero-order valence-electron chi connectivity index (χ0n) is 23.0. The van der Waals surface area contributed by atoms with Gasteiger partial charge in [-0.1, -0.05) is 48.5 Å². The molecule has 8 nitrogen and oxygen atoms in total. The molecule has 3 aromatic carbocycles. The fourth-order valence-electron chi connectivity index (χ4n) is 6.58. The molecule has 0 bridgehead atoms. The number of rotatable bonds is 5. The molecule has 0 aliphatic heterocycles. The van der Waals surface area contributed by atoms with Crippen LogP contribution in [0.2, 0.25) is 0 Å². The molecule has 3 aromatic rings. The normalized spacial score (nSPS) is 23.2. The van der Waals surface area contributed by atoms with Crippen LogP contribution in [0.25, 0.3) is 16.9 Å². The molecule has 2 unspecified atom stereocenters. The predicted molar refractivity (Wildman–Crippen MR) is 150 cm³/mol. The Morgan fingerprint density at radius 1 is 0.955 bits per heavy atom. The number of nitrogens with two attached hydrogens (primary N) is 1. The van der Waals surface area contributed by atoms with Gasteiger partial charge >= 0.3 is 6.18 Å². The van der Waals surface area contributed by atoms with Gasteiger partial charge in [-0.2, -0.15) is 13.2 Å². The van der Waals surface area contributed by atoms with E-state index >= 15 is 0 Å². The number of aromatic hydroxyl groups is 1. The summed E-state index contributed by atoms with van der Waals surface area (Å²) in [4.78, 5) is 39.9. The van der Waals surface area contributed by atoms with Gasteiger partial charge in [0.25, 0.3) is 5.91 Å². The van der Waals surface area contributed by atoms with Crippen molar-refractivity contribution < 1.29 is 47.6 Å². The van der Waals surface area contributed by atoms with Crippen LogP contribution in [-0.4, -0.2) is 38.4 Å². The number of primary amides is 1. The summed E-state index contributed by atoms with van der Waals surface area (Å²) in [6.45, 7) is -0.00214. The number of ether oxygens (including phenoxy) is 1. The third-order valence-corrected chi connectivity index (χ3v) is 8.70. The van der Waals surface area contributed by atoms with Crippen LogP contribution in [0.4, 0.5) is 13.2 Å². The van der Waals surface area contributed by atoms with Crippen molar-refractivity contribution in [1.29, 1.82) is 0 Å². The fraction of sp³-hybridized carbons (Fsp3) is 0.242. The standard InChI is InChI=1S/C33H26F3NO7/c34-33(35,36)19-8-6-17(7-9-19)21-10-11-23(38)26-22(21)13-18-12-20-14-24(44-15-16-4-2-1-3-5-16)27(31(37)42)30(41)32(20,43)29(40)25(18)28(26)39/h1-11,18,20,38-39,43H,12-15H2,(H2,37,42)/t18?,20?,32-/m0/s1. The van der Waals surface area contributed by atoms with Crippen molar-refractivity contribution in [3.63, 3.8) is 0 Å². The molecule has 1 saturated carbocycles. The minimum absolute atomic E-state index is 0.00214. The molecule has 6 rings (SSSR count). The minimum atomic E-state index is -4.54. The second-order valence-corrected chi connectivity index (χ2v) is 11.2. The first kappa shape index (κ1) is 29.2. The monoisotopic (exact) mass is 605 g/mol. The average Bonchev–Trinajstić information content (AvgIpc) is 2.98. The quantitative estimate of drug-likeness (QED) is 0.242. The van der Waals surface area contributed by atoms with Crippen LogP contribution in [-0.2, 0) is 38.3 Å². The van der Waals surface area contributed by atoms with E-state index in [9.17, 15) is 42.9 Å². The first-order valence-corrected chi connectivity index (χ1v) is 13.8. The summed E-state index contributed by atoms with van der Waals surface area (Å²) in [6.07, 6.45) is -4.62. The number of hydrogen-bond donors (Lipinski definition) is 4. The van der Waals surface area contributed by atoms with E-state index in [1.165, 1.54) is 24.3 Å². The van der Waals surface area contributed by atoms with Gasteiger partial charge < -0.3 is 25.8 Å². The Labute approximate surface area is 248 Å². The first-order chi connectivity index (χ1) is 20.8. The number of fused-ring (bicyclic) bond motifs is 3. The fourth-order valence-corrected chi connectivity index (χ4v) is 6.58. The number of benzene rings is 3. The molecule has 226 valence electrons. The Balaban J connectivity index is 1.40. The maximum absolute atomic E-state index is 13.9. The van der Waals surface area contributed by atoms with Crippen LogP contribution in [0.3, 0.4) is 0 Å². The molecule has 0 spiro atoms. The number of phenolic OH excluding ortho intramolecular Hbond substituents is 1. The van der Waals surface area contributed by atoms with Gasteiger partial charge in [0.15, 0.2) is 5.60 Å². The summed E-state index contributed by atoms with van der Waals surface area (Å²) in [7, 11) is 0. The van der Waals surface area contributed by atoms with Crippen molar-refractivity contribution in [2.75, 3.05) is 0 Å². The zero-order valence-corrected chi connectivity index (χ0v) is 23.0. The summed E-state index contributed by atoms with van der Waals surface area (Å²) >= 11 is 0. The lowest BCUT2D eigenvalue weighted by Gasteiger charge is -2.46. The molecule has 3 atom stereocenters. The second kappa shape index (κ2) is 10.4. The lowest BCUT2D eigenvalue weighted by molar-refractivity contribution is -0.158. The number of aliphatic hydroxyl groups is 2. The first-order valence-electron chi connectivity index (χ1n) is 13.8. The number of ketones is 2. The van der Waals surface area contributed by atoms with Gasteiger partial charge in [0.1, 0.15) is 29.4 Å². The van der Waals surface area contributed by atoms with E-state index in [4.69, 9.17) is 10.5 Å². The number of carbonyl (C=O) groups excluding carboxylic acids is 3. The Kier molecular flexibility index (Phi) is 6.88. The molecule has 5 N–H and O–H groups in total. The number of alkyl halides is 3. The van der Waals surface area contributed by atoms with E-state index < -0.39 is 63.7 Å². The number of carbonyl (C=O) groups is 3. The van der Waals surface area contributed by atoms with Gasteiger partial charge in [0.05, 0.1) is 11.1 Å². The summed E-state index contributed by atoms with van der Waals surface area (Å²) < 4.78 is 45.3. The molecular weight excluding hydrogens is 579 g/mol. The molecular formula is C33H26F3NO7. The van der Waals surface area contributed by atoms with Crippen LogP contribution in [0.1, 0.15) is 35.1 Å². The van der Waals surface area contributed by atoms with Crippen molar-refractivity contribution in [2.45, 2.75) is 37.6 Å². The third-order valence-electron chi connectivity index (χ3n) is 8.70. The largest absolute Gasteiger partial charge is 0.507 e. The van der Waals surface area contributed by atoms with E-state index in [2.05, 4.69) is 0 Å². The minimum Gasteiger partial charge on any atom is -0.507 e. The number of amides is 1. The number of Topliss-reactive ketones (excluding diaryl/α,β-unsaturated/α-hetero) is 2. The Morgan fingerprint density at radius 3 is 2.27 bits per heavy atom. The number of phenols is 1. The SMILES string of the molecule is NC(=O)C1=C(OCc2ccccc2)CC2CC3Cc4c(-c5ccc(C(F)(F)F)cc5)ccc(O)c4C(O)=C3C(=O)[C@]2(O)C1=O. The van der Waals surface area contributed by atoms with E-state index in [0.717, 1.165) is 17.7 Å². The van der Waals surface area contributed by atoms with Crippen LogP contribution in [0.5, 0.6) is 5.75 Å². The summed E-state index contributed by atoms with van der Waals surface area (Å²) in [5.41, 5.74) is 2.91. The number of hydrogen-bond acceptors (Lipinski definition) is 7. The molecule has 1 fully saturated rings. The third kappa shape index (κ3) is 4.55. The maximum atomic E-state index is 13.9. The van der Waals surface area contributed by atoms with Crippen molar-refractivity contribution in [3.05, 3.63) is 106 Å². The van der Waals surface area contributed by atoms with Crippen LogP contribution < -0.4 is 5.73 Å². The molecule has 3 aliphatic carbocycles. The average molecular weight is 606 g/mol. The number of allylic oxidation sites excluding steroid dienone is 1. The molecule has 11 heteroatoms. The molecule has 3 aliphatic rings. The predicted octanol–water partition coefficient (Wildman–Crippen LogP) is 4.77. The summed E-state index contributed by atoms with van der Waals surface area (Å²) in [6, 6.07) is 16.1. The lowest BCUT2D eigenvalue weighted by atomic mass is 9.58. The Hall–Kier alpha value is -4.90. The van der Waals surface area contributed by atoms with Crippen LogP contribution in [0, 0.1) is 11.8 Å². The highest BCUT2D eigenvalue weighted by atomic mass is 19.4. The maximum Gasteiger partial charge on any atom is 0.416 e. The van der Waals surface area contributed by atoms with Gasteiger partial charge in [-0.15, -0.1) is 0 Å². The van der Waals surface area contributed by atoms with Crippen LogP contribution in [0.15, 0.2) is 83.6 Å². The number of halogens is 3. The molecule has 0 aromatic heterocycles. The summed E-state index contributed by atoms with van der Waals surface area (Å²) in [5.74, 6) is -6.36. The second-order valence-electron chi connectivity index (χ2n) is 11.2. The van der Waals surface area contributed by atoms with Gasteiger partial charge in [0, 0.05) is 17.9 Å². The molecule has 0 heterocycles. The topological polar surface area (TPSA) is 147 Å². The Morgan fingerprint density at radius 2 is 1.64 bits per heavy atom. The highest BCUT2D eigenvalue weighted by Gasteiger charge is 2.62. The van der Waals surface area contributed by atoms with Gasteiger partial charge in [0.2, 0.25) is 11.6 Å². The van der Waals surface area contributed by atoms with Gasteiger partial charge in [-0.25, -0.2) is 0 Å². The lowest BCUT2D eigenvalue weighted by Crippen LogP contribution is -2.61. The summed E-state index contributed by atoms with van der Waals surface area (Å²) in [5, 5.41) is 33.7. The van der Waals surface area contributed by atoms with Crippen LogP contribution >= 0.6 is 0 Å². The van der Waals surface area contributed by atoms with Gasteiger partial charge in [-0.3, -0.25) is 14.4 Å². The number of aliphatic hydroxyl groups excluding tert-OH is 1. The highest BCUT2D eigenvalue weighted by Crippen LogP contribution is 2.52. The van der Waals surface area contributed by atoms with Crippen molar-refractivity contribution in [3.8, 4) is 16.9 Å². The van der Waals surface area contributed by atoms with Crippen molar-refractivity contribution in [2.24, 2.45) is 17.6 Å².